The van der Waals surface area contributed by atoms with Crippen LogP contribution in [0.25, 0.3) is 0 Å². The summed E-state index contributed by atoms with van der Waals surface area (Å²) in [7, 11) is -2.57. The van der Waals surface area contributed by atoms with Crippen molar-refractivity contribution in [2.75, 3.05) is 32.2 Å². The maximum absolute atomic E-state index is 6.27. The van der Waals surface area contributed by atoms with E-state index in [0.717, 1.165) is 83.0 Å². The second-order valence-corrected chi connectivity index (χ2v) is 10.7. The summed E-state index contributed by atoms with van der Waals surface area (Å²) in [6.07, 6.45) is 8.65. The smallest absolute Gasteiger partial charge is 0.479 e. The van der Waals surface area contributed by atoms with Crippen LogP contribution in [0.1, 0.15) is 79.1 Å². The van der Waals surface area contributed by atoms with Gasteiger partial charge in [0, 0.05) is 31.6 Å². The van der Waals surface area contributed by atoms with Gasteiger partial charge in [0.2, 0.25) is 4.38 Å². The van der Waals surface area contributed by atoms with E-state index in [-0.39, 0.29) is 0 Å². The average molecular weight is 425 g/mol. The Morgan fingerprint density at radius 3 is 1.69 bits per heavy atom. The molecule has 0 aliphatic heterocycles. The SMILES string of the molecule is CCCCO[Si](CCCCSC(=S)OCC)(OCCCC)OCCCC. The maximum Gasteiger partial charge on any atom is 0.500 e. The molecule has 156 valence electrons. The highest BCUT2D eigenvalue weighted by Gasteiger charge is 2.40. The Balaban J connectivity index is 4.53. The molecule has 0 bridgehead atoms. The van der Waals surface area contributed by atoms with Crippen molar-refractivity contribution in [3.63, 3.8) is 0 Å². The molecule has 0 aromatic carbocycles. The molecular weight excluding hydrogens is 384 g/mol. The molecule has 0 saturated carbocycles. The number of rotatable bonds is 18. The zero-order chi connectivity index (χ0) is 19.5. The lowest BCUT2D eigenvalue weighted by molar-refractivity contribution is 0.0558. The number of ether oxygens (including phenoxy) is 1. The van der Waals surface area contributed by atoms with Gasteiger partial charge in [0.25, 0.3) is 0 Å². The van der Waals surface area contributed by atoms with Crippen LogP contribution in [-0.2, 0) is 18.0 Å². The zero-order valence-electron chi connectivity index (χ0n) is 17.3. The van der Waals surface area contributed by atoms with Crippen LogP contribution in [0.2, 0.25) is 6.04 Å². The molecule has 0 atom stereocenters. The van der Waals surface area contributed by atoms with Gasteiger partial charge in [-0.15, -0.1) is 0 Å². The van der Waals surface area contributed by atoms with Crippen molar-refractivity contribution in [2.45, 2.75) is 85.1 Å². The molecule has 0 radical (unpaired) electrons. The molecule has 0 aromatic heterocycles. The molecule has 0 fully saturated rings. The first kappa shape index (κ1) is 26.3. The Bertz CT molecular complexity index is 306. The third-order valence-electron chi connectivity index (χ3n) is 3.82. The molecule has 0 unspecified atom stereocenters. The lowest BCUT2D eigenvalue weighted by Gasteiger charge is -2.30. The standard InChI is InChI=1S/C19H40O4S2Si/c1-5-9-14-21-26(22-15-10-6-2,23-16-11-7-3)18-13-12-17-25-19(24)20-8-4/h5-18H2,1-4H3. The predicted molar refractivity (Wildman–Crippen MR) is 119 cm³/mol. The Labute approximate surface area is 172 Å². The highest BCUT2D eigenvalue weighted by atomic mass is 32.2. The van der Waals surface area contributed by atoms with Crippen LogP contribution >= 0.6 is 24.0 Å². The molecule has 0 aliphatic rings. The Morgan fingerprint density at radius 1 is 0.769 bits per heavy atom. The minimum Gasteiger partial charge on any atom is -0.479 e. The van der Waals surface area contributed by atoms with Crippen LogP contribution in [0.4, 0.5) is 0 Å². The minimum atomic E-state index is -2.57. The van der Waals surface area contributed by atoms with Crippen LogP contribution in [0, 0.1) is 0 Å². The van der Waals surface area contributed by atoms with Crippen LogP contribution in [0.15, 0.2) is 0 Å². The van der Waals surface area contributed by atoms with Gasteiger partial charge in [-0.05, 0) is 51.2 Å². The summed E-state index contributed by atoms with van der Waals surface area (Å²) in [6, 6.07) is 0.895. The summed E-state index contributed by atoms with van der Waals surface area (Å²) in [5.41, 5.74) is 0. The second kappa shape index (κ2) is 18.7. The fourth-order valence-electron chi connectivity index (χ4n) is 2.22. The first-order valence-electron chi connectivity index (χ1n) is 10.4. The van der Waals surface area contributed by atoms with Crippen molar-refractivity contribution in [3.8, 4) is 0 Å². The predicted octanol–water partition coefficient (Wildman–Crippen LogP) is 6.21. The van der Waals surface area contributed by atoms with Crippen molar-refractivity contribution >= 4 is 37.2 Å². The minimum absolute atomic E-state index is 0.643. The Kier molecular flexibility index (Phi) is 18.9. The monoisotopic (exact) mass is 424 g/mol. The van der Waals surface area contributed by atoms with Gasteiger partial charge in [-0.2, -0.15) is 0 Å². The number of hydrogen-bond donors (Lipinski definition) is 0. The summed E-state index contributed by atoms with van der Waals surface area (Å²) < 4.78 is 24.8. The van der Waals surface area contributed by atoms with Gasteiger partial charge in [-0.3, -0.25) is 0 Å². The largest absolute Gasteiger partial charge is 0.500 e. The van der Waals surface area contributed by atoms with Crippen LogP contribution in [0.3, 0.4) is 0 Å². The van der Waals surface area contributed by atoms with Gasteiger partial charge in [0.05, 0.1) is 6.61 Å². The van der Waals surface area contributed by atoms with Crippen molar-refractivity contribution in [1.29, 1.82) is 0 Å². The quantitative estimate of drug-likeness (QED) is 0.148. The van der Waals surface area contributed by atoms with Crippen LogP contribution in [-0.4, -0.2) is 45.4 Å². The topological polar surface area (TPSA) is 36.9 Å². The summed E-state index contributed by atoms with van der Waals surface area (Å²) in [4.78, 5) is 0. The molecule has 0 aliphatic carbocycles. The van der Waals surface area contributed by atoms with Crippen LogP contribution in [0.5, 0.6) is 0 Å². The van der Waals surface area contributed by atoms with Crippen molar-refractivity contribution in [3.05, 3.63) is 0 Å². The fourth-order valence-corrected chi connectivity index (χ4v) is 6.03. The van der Waals surface area contributed by atoms with Gasteiger partial charge in [0.15, 0.2) is 0 Å². The van der Waals surface area contributed by atoms with E-state index in [1.807, 2.05) is 6.92 Å². The number of unbranched alkanes of at least 4 members (excludes halogenated alkanes) is 4. The summed E-state index contributed by atoms with van der Waals surface area (Å²) in [6.45, 7) is 11.4. The molecule has 7 heteroatoms. The van der Waals surface area contributed by atoms with Gasteiger partial charge in [-0.25, -0.2) is 0 Å². The number of thiocarbonyl (C=S) groups is 1. The van der Waals surface area contributed by atoms with E-state index in [2.05, 4.69) is 20.8 Å². The molecule has 0 heterocycles. The lowest BCUT2D eigenvalue weighted by atomic mass is 10.4. The van der Waals surface area contributed by atoms with E-state index in [1.54, 1.807) is 11.8 Å². The molecule has 0 saturated heterocycles. The first-order valence-corrected chi connectivity index (χ1v) is 13.7. The van der Waals surface area contributed by atoms with E-state index in [0.29, 0.717) is 11.0 Å². The molecular formula is C19H40O4S2Si. The summed E-state index contributed by atoms with van der Waals surface area (Å²) >= 11 is 6.78. The zero-order valence-corrected chi connectivity index (χ0v) is 20.0. The molecule has 0 N–H and O–H groups in total. The highest BCUT2D eigenvalue weighted by Crippen LogP contribution is 2.22. The number of hydrogen-bond acceptors (Lipinski definition) is 6. The van der Waals surface area contributed by atoms with Gasteiger partial charge >= 0.3 is 8.80 Å². The normalized spacial score (nSPS) is 11.7. The van der Waals surface area contributed by atoms with Gasteiger partial charge in [-0.1, -0.05) is 51.8 Å². The Morgan fingerprint density at radius 2 is 1.27 bits per heavy atom. The second-order valence-electron chi connectivity index (χ2n) is 6.28. The Hall–Kier alpha value is 0.337. The van der Waals surface area contributed by atoms with E-state index in [9.17, 15) is 0 Å². The molecule has 0 spiro atoms. The number of thioether (sulfide) groups is 1. The molecule has 26 heavy (non-hydrogen) atoms. The van der Waals surface area contributed by atoms with E-state index in [4.69, 9.17) is 30.2 Å². The summed E-state index contributed by atoms with van der Waals surface area (Å²) in [5, 5.41) is 0. The highest BCUT2D eigenvalue weighted by molar-refractivity contribution is 8.22. The fraction of sp³-hybridized carbons (Fsp3) is 0.947. The third kappa shape index (κ3) is 14.4. The van der Waals surface area contributed by atoms with Crippen molar-refractivity contribution in [2.24, 2.45) is 0 Å². The van der Waals surface area contributed by atoms with E-state index < -0.39 is 8.80 Å². The molecule has 0 rings (SSSR count). The lowest BCUT2D eigenvalue weighted by Crippen LogP contribution is -2.46. The van der Waals surface area contributed by atoms with E-state index >= 15 is 0 Å². The molecule has 4 nitrogen and oxygen atoms in total. The van der Waals surface area contributed by atoms with Gasteiger partial charge < -0.3 is 18.0 Å². The van der Waals surface area contributed by atoms with Gasteiger partial charge in [0.1, 0.15) is 0 Å². The van der Waals surface area contributed by atoms with Crippen LogP contribution < -0.4 is 0 Å². The average Bonchev–Trinajstić information content (AvgIpc) is 2.62. The van der Waals surface area contributed by atoms with Crippen molar-refractivity contribution < 1.29 is 18.0 Å². The third-order valence-corrected chi connectivity index (χ3v) is 8.03. The maximum atomic E-state index is 6.27. The van der Waals surface area contributed by atoms with E-state index in [1.165, 1.54) is 0 Å². The molecule has 0 amide bonds. The first-order chi connectivity index (χ1) is 12.6. The summed E-state index contributed by atoms with van der Waals surface area (Å²) in [5.74, 6) is 0.974. The molecule has 0 aromatic rings. The van der Waals surface area contributed by atoms with Crippen molar-refractivity contribution in [1.82, 2.24) is 0 Å².